The van der Waals surface area contributed by atoms with E-state index in [1.807, 2.05) is 23.2 Å². The van der Waals surface area contributed by atoms with Gasteiger partial charge in [-0.25, -0.2) is 0 Å². The highest BCUT2D eigenvalue weighted by Gasteiger charge is 2.23. The van der Waals surface area contributed by atoms with E-state index in [1.165, 1.54) is 17.1 Å². The van der Waals surface area contributed by atoms with Crippen LogP contribution in [0.5, 0.6) is 0 Å². The first-order valence-corrected chi connectivity index (χ1v) is 12.1. The second-order valence-electron chi connectivity index (χ2n) is 9.22. The van der Waals surface area contributed by atoms with Crippen molar-refractivity contribution in [3.05, 3.63) is 89.9 Å². The summed E-state index contributed by atoms with van der Waals surface area (Å²) in [4.78, 5) is 32.2. The van der Waals surface area contributed by atoms with Crippen LogP contribution in [0.1, 0.15) is 45.5 Å². The van der Waals surface area contributed by atoms with Gasteiger partial charge in [0.15, 0.2) is 0 Å². The molecule has 3 heterocycles. The molecule has 0 bridgehead atoms. The van der Waals surface area contributed by atoms with Crippen molar-refractivity contribution in [1.29, 1.82) is 0 Å². The number of carbonyl (C=O) groups is 2. The highest BCUT2D eigenvalue weighted by atomic mass is 16.2. The molecule has 4 aromatic rings. The summed E-state index contributed by atoms with van der Waals surface area (Å²) in [6, 6.07) is 17.6. The number of likely N-dealkylation sites (tertiary alicyclic amines) is 1. The van der Waals surface area contributed by atoms with Crippen LogP contribution in [-0.2, 0) is 13.5 Å². The lowest BCUT2D eigenvalue weighted by molar-refractivity contribution is 0.0759. The molecule has 1 aliphatic heterocycles. The molecule has 1 N–H and O–H groups in total. The van der Waals surface area contributed by atoms with Gasteiger partial charge in [-0.2, -0.15) is 5.10 Å². The van der Waals surface area contributed by atoms with Crippen molar-refractivity contribution in [1.82, 2.24) is 19.7 Å². The third-order valence-electron chi connectivity index (χ3n) is 6.71. The molecule has 1 aliphatic rings. The van der Waals surface area contributed by atoms with Gasteiger partial charge in [-0.1, -0.05) is 24.3 Å². The molecule has 178 valence electrons. The van der Waals surface area contributed by atoms with E-state index < -0.39 is 0 Å². The van der Waals surface area contributed by atoms with Gasteiger partial charge < -0.3 is 10.2 Å². The Morgan fingerprint density at radius 2 is 1.91 bits per heavy atom. The first kappa shape index (κ1) is 22.8. The minimum Gasteiger partial charge on any atom is -0.339 e. The van der Waals surface area contributed by atoms with Gasteiger partial charge in [0, 0.05) is 49.2 Å². The quantitative estimate of drug-likeness (QED) is 0.461. The number of aromatic nitrogens is 3. The minimum absolute atomic E-state index is 0.0116. The van der Waals surface area contributed by atoms with Crippen LogP contribution in [0.15, 0.2) is 73.2 Å². The average molecular weight is 468 g/mol. The molecule has 0 unspecified atom stereocenters. The summed E-state index contributed by atoms with van der Waals surface area (Å²) >= 11 is 0. The zero-order valence-corrected chi connectivity index (χ0v) is 19.9. The van der Waals surface area contributed by atoms with Gasteiger partial charge in [-0.05, 0) is 67.5 Å². The second kappa shape index (κ2) is 10.1. The number of carbonyl (C=O) groups excluding carboxylic acids is 2. The number of hydrogen-bond donors (Lipinski definition) is 1. The zero-order valence-electron chi connectivity index (χ0n) is 19.9. The van der Waals surface area contributed by atoms with E-state index >= 15 is 0 Å². The molecule has 0 saturated carbocycles. The minimum atomic E-state index is -0.246. The molecular weight excluding hydrogens is 438 g/mol. The van der Waals surface area contributed by atoms with Gasteiger partial charge in [0.25, 0.3) is 11.8 Å². The molecule has 2 aromatic carbocycles. The van der Waals surface area contributed by atoms with Crippen LogP contribution in [-0.4, -0.2) is 44.6 Å². The van der Waals surface area contributed by atoms with Crippen molar-refractivity contribution in [2.24, 2.45) is 13.0 Å². The van der Waals surface area contributed by atoms with E-state index in [0.717, 1.165) is 44.3 Å². The van der Waals surface area contributed by atoms with Gasteiger partial charge >= 0.3 is 0 Å². The summed E-state index contributed by atoms with van der Waals surface area (Å²) in [5.41, 5.74) is 4.03. The van der Waals surface area contributed by atoms with Gasteiger partial charge in [-0.15, -0.1) is 0 Å². The number of nitrogens with one attached hydrogen (secondary N) is 1. The summed E-state index contributed by atoms with van der Waals surface area (Å²) in [6.07, 6.45) is 9.07. The molecule has 2 aromatic heterocycles. The highest BCUT2D eigenvalue weighted by Crippen LogP contribution is 2.26. The predicted octanol–water partition coefficient (Wildman–Crippen LogP) is 4.71. The molecule has 0 aliphatic carbocycles. The molecule has 1 atom stereocenters. The first-order chi connectivity index (χ1) is 17.1. The Hall–Kier alpha value is -4.00. The number of pyridine rings is 1. The van der Waals surface area contributed by atoms with Crippen LogP contribution in [0.25, 0.3) is 10.9 Å². The molecule has 0 radical (unpaired) electrons. The number of anilines is 1. The Bertz CT molecular complexity index is 1360. The smallest absolute Gasteiger partial charge is 0.258 e. The summed E-state index contributed by atoms with van der Waals surface area (Å²) in [5, 5.41) is 8.12. The topological polar surface area (TPSA) is 80.1 Å². The van der Waals surface area contributed by atoms with E-state index in [9.17, 15) is 9.59 Å². The van der Waals surface area contributed by atoms with Crippen LogP contribution in [0.4, 0.5) is 5.69 Å². The molecule has 7 nitrogen and oxygen atoms in total. The molecule has 0 spiro atoms. The number of amides is 2. The van der Waals surface area contributed by atoms with Gasteiger partial charge in [0.05, 0.1) is 17.3 Å². The molecular formula is C28H29N5O2. The molecule has 7 heteroatoms. The number of aryl methyl sites for hydroxylation is 1. The van der Waals surface area contributed by atoms with Crippen molar-refractivity contribution < 1.29 is 9.59 Å². The van der Waals surface area contributed by atoms with Crippen LogP contribution in [0, 0.1) is 5.92 Å². The third kappa shape index (κ3) is 5.24. The lowest BCUT2D eigenvalue weighted by Gasteiger charge is -2.21. The molecule has 35 heavy (non-hydrogen) atoms. The third-order valence-corrected chi connectivity index (χ3v) is 6.71. The maximum absolute atomic E-state index is 13.3. The Kier molecular flexibility index (Phi) is 6.57. The van der Waals surface area contributed by atoms with Crippen molar-refractivity contribution in [2.75, 3.05) is 18.4 Å². The Balaban J connectivity index is 1.23. The lowest BCUT2D eigenvalue weighted by Crippen LogP contribution is -2.32. The lowest BCUT2D eigenvalue weighted by atomic mass is 9.91. The SMILES string of the molecule is Cn1cc(C(=O)Nc2cccc(C(=O)N3CCC[C@@H](Cc4cccc5ncccc45)CC3)c2)cn1. The fourth-order valence-corrected chi connectivity index (χ4v) is 4.88. The average Bonchev–Trinajstić information content (AvgIpc) is 3.18. The summed E-state index contributed by atoms with van der Waals surface area (Å²) in [6.45, 7) is 1.48. The second-order valence-corrected chi connectivity index (χ2v) is 9.22. The number of hydrogen-bond acceptors (Lipinski definition) is 4. The van der Waals surface area contributed by atoms with E-state index in [2.05, 4.69) is 39.7 Å². The van der Waals surface area contributed by atoms with Crippen LogP contribution in [0.2, 0.25) is 0 Å². The first-order valence-electron chi connectivity index (χ1n) is 12.1. The van der Waals surface area contributed by atoms with Crippen LogP contribution >= 0.6 is 0 Å². The fourth-order valence-electron chi connectivity index (χ4n) is 4.88. The maximum Gasteiger partial charge on any atom is 0.258 e. The summed E-state index contributed by atoms with van der Waals surface area (Å²) in [7, 11) is 1.76. The molecule has 5 rings (SSSR count). The molecule has 2 amide bonds. The van der Waals surface area contributed by atoms with Crippen molar-refractivity contribution in [3.63, 3.8) is 0 Å². The van der Waals surface area contributed by atoms with Crippen LogP contribution in [0.3, 0.4) is 0 Å². The van der Waals surface area contributed by atoms with E-state index in [4.69, 9.17) is 0 Å². The van der Waals surface area contributed by atoms with E-state index in [1.54, 1.807) is 36.1 Å². The predicted molar refractivity (Wildman–Crippen MR) is 136 cm³/mol. The van der Waals surface area contributed by atoms with Gasteiger partial charge in [0.2, 0.25) is 0 Å². The fraction of sp³-hybridized carbons (Fsp3) is 0.286. The zero-order chi connectivity index (χ0) is 24.2. The van der Waals surface area contributed by atoms with E-state index in [-0.39, 0.29) is 11.8 Å². The number of rotatable bonds is 5. The Morgan fingerprint density at radius 1 is 1.03 bits per heavy atom. The molecule has 1 fully saturated rings. The monoisotopic (exact) mass is 467 g/mol. The molecule has 1 saturated heterocycles. The summed E-state index contributed by atoms with van der Waals surface area (Å²) in [5.74, 6) is 0.296. The van der Waals surface area contributed by atoms with E-state index in [0.29, 0.717) is 22.7 Å². The van der Waals surface area contributed by atoms with Crippen molar-refractivity contribution in [2.45, 2.75) is 25.7 Å². The largest absolute Gasteiger partial charge is 0.339 e. The Labute approximate surface area is 204 Å². The number of benzene rings is 2. The maximum atomic E-state index is 13.3. The Morgan fingerprint density at radius 3 is 2.77 bits per heavy atom. The van der Waals surface area contributed by atoms with Gasteiger partial charge in [0.1, 0.15) is 0 Å². The van der Waals surface area contributed by atoms with Crippen molar-refractivity contribution >= 4 is 28.4 Å². The highest BCUT2D eigenvalue weighted by molar-refractivity contribution is 6.04. The number of fused-ring (bicyclic) bond motifs is 1. The van der Waals surface area contributed by atoms with Gasteiger partial charge in [-0.3, -0.25) is 19.3 Å². The normalized spacial score (nSPS) is 16.1. The van der Waals surface area contributed by atoms with Crippen molar-refractivity contribution in [3.8, 4) is 0 Å². The summed E-state index contributed by atoms with van der Waals surface area (Å²) < 4.78 is 1.58. The number of nitrogens with zero attached hydrogens (tertiary/aromatic N) is 4. The van der Waals surface area contributed by atoms with Crippen LogP contribution < -0.4 is 5.32 Å². The standard InChI is InChI=1S/C28H29N5O2/c1-32-19-23(18-30-32)27(34)31-24-9-2-8-22(17-24)28(35)33-14-5-6-20(12-15-33)16-21-7-3-11-26-25(21)10-4-13-29-26/h2-4,7-11,13,17-20H,5-6,12,14-16H2,1H3,(H,31,34)/t20-/m1/s1.